The van der Waals surface area contributed by atoms with Gasteiger partial charge in [0.25, 0.3) is 0 Å². The molecule has 0 bridgehead atoms. The van der Waals surface area contributed by atoms with Crippen LogP contribution in [0.5, 0.6) is 0 Å². The average molecular weight is 244 g/mol. The molecule has 1 aliphatic carbocycles. The zero-order valence-electron chi connectivity index (χ0n) is 12.0. The molecule has 1 aliphatic rings. The molecule has 18 heavy (non-hydrogen) atoms. The van der Waals surface area contributed by atoms with Gasteiger partial charge in [0.2, 0.25) is 0 Å². The molecule has 0 unspecified atom stereocenters. The molecular formula is C17H24O. The highest BCUT2D eigenvalue weighted by Gasteiger charge is 2.36. The Morgan fingerprint density at radius 2 is 1.56 bits per heavy atom. The Morgan fingerprint density at radius 1 is 1.06 bits per heavy atom. The third kappa shape index (κ3) is 2.50. The largest absolute Gasteiger partial charge is 0.294 e. The van der Waals surface area contributed by atoms with Gasteiger partial charge in [0.05, 0.1) is 0 Å². The predicted octanol–water partition coefficient (Wildman–Crippen LogP) is 4.75. The molecule has 0 N–H and O–H groups in total. The normalized spacial score (nSPS) is 18.9. The third-order valence-corrected chi connectivity index (χ3v) is 4.27. The average Bonchev–Trinajstić information content (AvgIpc) is 2.75. The molecular weight excluding hydrogens is 220 g/mol. The van der Waals surface area contributed by atoms with E-state index in [0.717, 1.165) is 18.4 Å². The highest BCUT2D eigenvalue weighted by Crippen LogP contribution is 2.40. The zero-order chi connectivity index (χ0) is 13.4. The number of hydrogen-bond donors (Lipinski definition) is 0. The van der Waals surface area contributed by atoms with Crippen LogP contribution in [0.3, 0.4) is 0 Å². The molecule has 0 atom stereocenters. The summed E-state index contributed by atoms with van der Waals surface area (Å²) < 4.78 is 0. The zero-order valence-corrected chi connectivity index (χ0v) is 12.0. The lowest BCUT2D eigenvalue weighted by Crippen LogP contribution is -2.24. The molecule has 1 fully saturated rings. The van der Waals surface area contributed by atoms with Crippen LogP contribution in [-0.4, -0.2) is 5.78 Å². The Hall–Kier alpha value is -1.11. The Morgan fingerprint density at radius 3 is 2.00 bits per heavy atom. The molecule has 1 nitrogen and oxygen atoms in total. The van der Waals surface area contributed by atoms with Gasteiger partial charge in [0.1, 0.15) is 0 Å². The molecule has 0 radical (unpaired) electrons. The van der Waals surface area contributed by atoms with Crippen LogP contribution < -0.4 is 0 Å². The van der Waals surface area contributed by atoms with Gasteiger partial charge in [-0.2, -0.15) is 0 Å². The van der Waals surface area contributed by atoms with Crippen LogP contribution >= 0.6 is 0 Å². The van der Waals surface area contributed by atoms with Crippen molar-refractivity contribution >= 4 is 5.78 Å². The Balaban J connectivity index is 2.22. The van der Waals surface area contributed by atoms with E-state index in [1.54, 1.807) is 0 Å². The number of carbonyl (C=O) groups excluding carboxylic acids is 1. The second kappa shape index (κ2) is 4.53. The van der Waals surface area contributed by atoms with Crippen molar-refractivity contribution in [1.82, 2.24) is 0 Å². The van der Waals surface area contributed by atoms with Gasteiger partial charge in [-0.1, -0.05) is 64.8 Å². The van der Waals surface area contributed by atoms with Crippen LogP contribution in [0, 0.1) is 5.41 Å². The molecule has 0 heterocycles. The summed E-state index contributed by atoms with van der Waals surface area (Å²) >= 11 is 0. The van der Waals surface area contributed by atoms with Crippen molar-refractivity contribution in [2.45, 2.75) is 58.8 Å². The second-order valence-corrected chi connectivity index (χ2v) is 6.92. The lowest BCUT2D eigenvalue weighted by atomic mass is 9.79. The van der Waals surface area contributed by atoms with Crippen molar-refractivity contribution in [2.24, 2.45) is 5.41 Å². The van der Waals surface area contributed by atoms with Crippen molar-refractivity contribution < 1.29 is 4.79 Å². The first-order valence-electron chi connectivity index (χ1n) is 6.98. The summed E-state index contributed by atoms with van der Waals surface area (Å²) in [5, 5.41) is 0. The summed E-state index contributed by atoms with van der Waals surface area (Å²) in [4.78, 5) is 12.5. The highest BCUT2D eigenvalue weighted by molar-refractivity contribution is 6.00. The predicted molar refractivity (Wildman–Crippen MR) is 76.0 cm³/mol. The highest BCUT2D eigenvalue weighted by atomic mass is 16.1. The fourth-order valence-corrected chi connectivity index (χ4v) is 2.85. The fourth-order valence-electron chi connectivity index (χ4n) is 2.85. The van der Waals surface area contributed by atoms with Crippen LogP contribution in [0.1, 0.15) is 69.3 Å². The minimum atomic E-state index is -0.108. The SMILES string of the molecule is CC1(C(=O)c2ccc(C(C)(C)C)cc2)CCCC1. The van der Waals surface area contributed by atoms with Crippen LogP contribution in [0.4, 0.5) is 0 Å². The van der Waals surface area contributed by atoms with E-state index in [4.69, 9.17) is 0 Å². The maximum absolute atomic E-state index is 12.5. The van der Waals surface area contributed by atoms with Gasteiger partial charge < -0.3 is 0 Å². The Labute approximate surface area is 111 Å². The van der Waals surface area contributed by atoms with Crippen molar-refractivity contribution in [3.05, 3.63) is 35.4 Å². The summed E-state index contributed by atoms with van der Waals surface area (Å²) in [5.74, 6) is 0.334. The summed E-state index contributed by atoms with van der Waals surface area (Å²) in [6, 6.07) is 8.22. The maximum Gasteiger partial charge on any atom is 0.168 e. The Kier molecular flexibility index (Phi) is 3.35. The quantitative estimate of drug-likeness (QED) is 0.686. The monoisotopic (exact) mass is 244 g/mol. The summed E-state index contributed by atoms with van der Waals surface area (Å²) in [6.45, 7) is 8.71. The van der Waals surface area contributed by atoms with Gasteiger partial charge in [-0.25, -0.2) is 0 Å². The summed E-state index contributed by atoms with van der Waals surface area (Å²) in [7, 11) is 0. The topological polar surface area (TPSA) is 17.1 Å². The summed E-state index contributed by atoms with van der Waals surface area (Å²) in [5.41, 5.74) is 2.21. The molecule has 0 spiro atoms. The van der Waals surface area contributed by atoms with Crippen molar-refractivity contribution in [2.75, 3.05) is 0 Å². The molecule has 1 saturated carbocycles. The first-order chi connectivity index (χ1) is 8.33. The fraction of sp³-hybridized carbons (Fsp3) is 0.588. The molecule has 1 aromatic carbocycles. The molecule has 0 amide bonds. The van der Waals surface area contributed by atoms with E-state index in [1.165, 1.54) is 18.4 Å². The first kappa shape index (κ1) is 13.3. The van der Waals surface area contributed by atoms with E-state index in [0.29, 0.717) is 5.78 Å². The third-order valence-electron chi connectivity index (χ3n) is 4.27. The lowest BCUT2D eigenvalue weighted by Gasteiger charge is -2.23. The van der Waals surface area contributed by atoms with Crippen LogP contribution in [0.25, 0.3) is 0 Å². The molecule has 1 heteroatoms. The molecule has 1 aromatic rings. The number of hydrogen-bond acceptors (Lipinski definition) is 1. The van der Waals surface area contributed by atoms with Gasteiger partial charge >= 0.3 is 0 Å². The van der Waals surface area contributed by atoms with Crippen LogP contribution in [0.2, 0.25) is 0 Å². The van der Waals surface area contributed by atoms with E-state index >= 15 is 0 Å². The number of ketones is 1. The number of rotatable bonds is 2. The lowest BCUT2D eigenvalue weighted by molar-refractivity contribution is 0.0823. The second-order valence-electron chi connectivity index (χ2n) is 6.92. The van der Waals surface area contributed by atoms with Crippen molar-refractivity contribution in [3.63, 3.8) is 0 Å². The number of carbonyl (C=O) groups is 1. The molecule has 0 saturated heterocycles. The van der Waals surface area contributed by atoms with Crippen LogP contribution in [0.15, 0.2) is 24.3 Å². The smallest absolute Gasteiger partial charge is 0.168 e. The van der Waals surface area contributed by atoms with Gasteiger partial charge in [0, 0.05) is 11.0 Å². The van der Waals surface area contributed by atoms with Crippen molar-refractivity contribution in [3.8, 4) is 0 Å². The van der Waals surface area contributed by atoms with E-state index in [1.807, 2.05) is 12.1 Å². The van der Waals surface area contributed by atoms with Crippen LogP contribution in [-0.2, 0) is 5.41 Å². The maximum atomic E-state index is 12.5. The van der Waals surface area contributed by atoms with E-state index in [-0.39, 0.29) is 10.8 Å². The molecule has 0 aromatic heterocycles. The minimum absolute atomic E-state index is 0.108. The summed E-state index contributed by atoms with van der Waals surface area (Å²) in [6.07, 6.45) is 4.49. The standard InChI is InChI=1S/C17H24O/c1-16(2,3)14-9-7-13(8-10-14)15(18)17(4)11-5-6-12-17/h7-10H,5-6,11-12H2,1-4H3. The molecule has 98 valence electrons. The van der Waals surface area contributed by atoms with E-state index in [9.17, 15) is 4.79 Å². The number of benzene rings is 1. The molecule has 2 rings (SSSR count). The Bertz CT molecular complexity index is 428. The molecule has 0 aliphatic heterocycles. The van der Waals surface area contributed by atoms with E-state index in [2.05, 4.69) is 39.8 Å². The minimum Gasteiger partial charge on any atom is -0.294 e. The van der Waals surface area contributed by atoms with Gasteiger partial charge in [-0.15, -0.1) is 0 Å². The first-order valence-corrected chi connectivity index (χ1v) is 6.98. The van der Waals surface area contributed by atoms with Crippen molar-refractivity contribution in [1.29, 1.82) is 0 Å². The van der Waals surface area contributed by atoms with E-state index < -0.39 is 0 Å². The number of Topliss-reactive ketones (excluding diaryl/α,β-unsaturated/α-hetero) is 1. The van der Waals surface area contributed by atoms with Gasteiger partial charge in [-0.3, -0.25) is 4.79 Å². The van der Waals surface area contributed by atoms with Gasteiger partial charge in [-0.05, 0) is 23.8 Å². The van der Waals surface area contributed by atoms with Gasteiger partial charge in [0.15, 0.2) is 5.78 Å².